The number of allylic oxidation sites excluding steroid dienone is 3. The van der Waals surface area contributed by atoms with Gasteiger partial charge in [0.25, 0.3) is 0 Å². The molecule has 0 saturated carbocycles. The summed E-state index contributed by atoms with van der Waals surface area (Å²) >= 11 is 0. The van der Waals surface area contributed by atoms with Crippen molar-refractivity contribution in [3.8, 4) is 0 Å². The summed E-state index contributed by atoms with van der Waals surface area (Å²) in [6.07, 6.45) is 4.03. The Morgan fingerprint density at radius 1 is 1.13 bits per heavy atom. The van der Waals surface area contributed by atoms with Crippen LogP contribution in [0.2, 0.25) is 0 Å². The van der Waals surface area contributed by atoms with Gasteiger partial charge in [0.15, 0.2) is 17.5 Å². The molecule has 0 aromatic heterocycles. The van der Waals surface area contributed by atoms with E-state index < -0.39 is 23.5 Å². The predicted molar refractivity (Wildman–Crippen MR) is 87.5 cm³/mol. The van der Waals surface area contributed by atoms with E-state index in [-0.39, 0.29) is 11.2 Å². The van der Waals surface area contributed by atoms with Crippen molar-refractivity contribution in [1.29, 1.82) is 0 Å². The first-order valence-corrected chi connectivity index (χ1v) is 7.45. The van der Waals surface area contributed by atoms with Crippen molar-refractivity contribution in [3.05, 3.63) is 53.3 Å². The maximum Gasteiger partial charge on any atom is 0.329 e. The monoisotopic (exact) mass is 312 g/mol. The first-order chi connectivity index (χ1) is 10.7. The van der Waals surface area contributed by atoms with Crippen LogP contribution in [0.4, 0.5) is 0 Å². The number of ether oxygens (including phenoxy) is 1. The standard InChI is InChI=1S/C19H20O4/c1-12-11-16(21)17(18(22)23-12)15(20)10-7-13-5-8-14(9-6-13)19(2,3)4/h5-11,17H,1-4H3/b10-7+/t17-/m1/s1. The molecule has 0 amide bonds. The molecule has 1 aromatic carbocycles. The Kier molecular flexibility index (Phi) is 4.64. The van der Waals surface area contributed by atoms with Gasteiger partial charge < -0.3 is 4.74 Å². The second-order valence-electron chi connectivity index (χ2n) is 6.62. The molecule has 1 aliphatic heterocycles. The summed E-state index contributed by atoms with van der Waals surface area (Å²) in [5.74, 6) is -3.08. The number of benzene rings is 1. The van der Waals surface area contributed by atoms with Gasteiger partial charge in [-0.25, -0.2) is 0 Å². The number of carbonyl (C=O) groups excluding carboxylic acids is 3. The largest absolute Gasteiger partial charge is 0.430 e. The van der Waals surface area contributed by atoms with Gasteiger partial charge in [-0.3, -0.25) is 14.4 Å². The van der Waals surface area contributed by atoms with E-state index in [1.165, 1.54) is 24.6 Å². The van der Waals surface area contributed by atoms with Crippen molar-refractivity contribution in [2.75, 3.05) is 0 Å². The summed E-state index contributed by atoms with van der Waals surface area (Å²) in [6.45, 7) is 7.87. The maximum atomic E-state index is 12.1. The molecule has 1 atom stereocenters. The van der Waals surface area contributed by atoms with Crippen LogP contribution >= 0.6 is 0 Å². The van der Waals surface area contributed by atoms with E-state index in [2.05, 4.69) is 20.8 Å². The zero-order valence-corrected chi connectivity index (χ0v) is 13.8. The lowest BCUT2D eigenvalue weighted by Gasteiger charge is -2.18. The zero-order valence-electron chi connectivity index (χ0n) is 13.8. The Labute approximate surface area is 135 Å². The number of esters is 1. The Morgan fingerprint density at radius 3 is 2.26 bits per heavy atom. The number of hydrogen-bond acceptors (Lipinski definition) is 4. The molecule has 0 fully saturated rings. The number of carbonyl (C=O) groups is 3. The first kappa shape index (κ1) is 16.9. The fraction of sp³-hybridized carbons (Fsp3) is 0.316. The minimum atomic E-state index is -1.39. The SMILES string of the molecule is CC1=CC(=O)[C@@H](C(=O)/C=C/c2ccc(C(C)(C)C)cc2)C(=O)O1. The van der Waals surface area contributed by atoms with E-state index in [0.717, 1.165) is 5.56 Å². The molecule has 0 radical (unpaired) electrons. The normalized spacial score (nSPS) is 18.8. The smallest absolute Gasteiger partial charge is 0.329 e. The molecule has 0 spiro atoms. The Hall–Kier alpha value is -2.49. The van der Waals surface area contributed by atoms with Crippen LogP contribution in [0.3, 0.4) is 0 Å². The second kappa shape index (κ2) is 6.32. The lowest BCUT2D eigenvalue weighted by molar-refractivity contribution is -0.151. The van der Waals surface area contributed by atoms with Crippen LogP contribution in [0.1, 0.15) is 38.8 Å². The Morgan fingerprint density at radius 2 is 1.74 bits per heavy atom. The fourth-order valence-corrected chi connectivity index (χ4v) is 2.27. The molecule has 0 aliphatic carbocycles. The molecule has 1 aliphatic rings. The summed E-state index contributed by atoms with van der Waals surface area (Å²) in [6, 6.07) is 7.79. The second-order valence-corrected chi connectivity index (χ2v) is 6.62. The van der Waals surface area contributed by atoms with Crippen molar-refractivity contribution in [2.45, 2.75) is 33.1 Å². The van der Waals surface area contributed by atoms with Gasteiger partial charge in [0.1, 0.15) is 5.76 Å². The van der Waals surface area contributed by atoms with Crippen LogP contribution in [0.5, 0.6) is 0 Å². The Bertz CT molecular complexity index is 700. The van der Waals surface area contributed by atoms with E-state index in [4.69, 9.17) is 4.74 Å². The predicted octanol–water partition coefficient (Wildman–Crippen LogP) is 3.21. The topological polar surface area (TPSA) is 60.4 Å². The molecule has 0 N–H and O–H groups in total. The van der Waals surface area contributed by atoms with Gasteiger partial charge in [0.2, 0.25) is 0 Å². The lowest BCUT2D eigenvalue weighted by Crippen LogP contribution is -2.34. The van der Waals surface area contributed by atoms with Gasteiger partial charge in [0.05, 0.1) is 0 Å². The van der Waals surface area contributed by atoms with Crippen molar-refractivity contribution < 1.29 is 19.1 Å². The van der Waals surface area contributed by atoms with Crippen LogP contribution in [0, 0.1) is 5.92 Å². The fourth-order valence-electron chi connectivity index (χ4n) is 2.27. The molecule has 1 heterocycles. The third kappa shape index (κ3) is 4.03. The summed E-state index contributed by atoms with van der Waals surface area (Å²) < 4.78 is 4.84. The van der Waals surface area contributed by atoms with Crippen LogP contribution in [-0.2, 0) is 24.5 Å². The van der Waals surface area contributed by atoms with Crippen molar-refractivity contribution in [3.63, 3.8) is 0 Å². The van der Waals surface area contributed by atoms with Gasteiger partial charge in [-0.15, -0.1) is 0 Å². The molecule has 4 nitrogen and oxygen atoms in total. The van der Waals surface area contributed by atoms with Gasteiger partial charge in [-0.1, -0.05) is 51.1 Å². The molecular formula is C19H20O4. The van der Waals surface area contributed by atoms with E-state index in [1.54, 1.807) is 6.08 Å². The van der Waals surface area contributed by atoms with Gasteiger partial charge in [0, 0.05) is 6.08 Å². The third-order valence-corrected chi connectivity index (χ3v) is 3.63. The molecule has 0 saturated heterocycles. The van der Waals surface area contributed by atoms with Crippen LogP contribution < -0.4 is 0 Å². The highest BCUT2D eigenvalue weighted by Crippen LogP contribution is 2.22. The van der Waals surface area contributed by atoms with Gasteiger partial charge in [-0.05, 0) is 29.5 Å². The summed E-state index contributed by atoms with van der Waals surface area (Å²) in [5.41, 5.74) is 2.07. The average molecular weight is 312 g/mol. The van der Waals surface area contributed by atoms with E-state index in [1.807, 2.05) is 24.3 Å². The Balaban J connectivity index is 2.12. The highest BCUT2D eigenvalue weighted by atomic mass is 16.5. The molecule has 2 rings (SSSR count). The molecule has 0 bridgehead atoms. The quantitative estimate of drug-likeness (QED) is 0.488. The number of ketones is 2. The van der Waals surface area contributed by atoms with E-state index in [0.29, 0.717) is 0 Å². The molecular weight excluding hydrogens is 292 g/mol. The highest BCUT2D eigenvalue weighted by molar-refractivity contribution is 6.25. The maximum absolute atomic E-state index is 12.1. The average Bonchev–Trinajstić information content (AvgIpc) is 2.43. The molecule has 120 valence electrons. The lowest BCUT2D eigenvalue weighted by atomic mass is 9.86. The van der Waals surface area contributed by atoms with Crippen LogP contribution in [-0.4, -0.2) is 17.5 Å². The minimum Gasteiger partial charge on any atom is -0.430 e. The van der Waals surface area contributed by atoms with Crippen LogP contribution in [0.25, 0.3) is 6.08 Å². The number of rotatable bonds is 3. The highest BCUT2D eigenvalue weighted by Gasteiger charge is 2.36. The third-order valence-electron chi connectivity index (χ3n) is 3.63. The van der Waals surface area contributed by atoms with Gasteiger partial charge >= 0.3 is 5.97 Å². The zero-order chi connectivity index (χ0) is 17.2. The molecule has 4 heteroatoms. The number of hydrogen-bond donors (Lipinski definition) is 0. The van der Waals surface area contributed by atoms with Crippen molar-refractivity contribution >= 4 is 23.6 Å². The van der Waals surface area contributed by atoms with E-state index in [9.17, 15) is 14.4 Å². The molecule has 1 aromatic rings. The van der Waals surface area contributed by atoms with Crippen molar-refractivity contribution in [2.24, 2.45) is 5.92 Å². The number of cyclic esters (lactones) is 1. The van der Waals surface area contributed by atoms with Gasteiger partial charge in [-0.2, -0.15) is 0 Å². The summed E-state index contributed by atoms with van der Waals surface area (Å²) in [7, 11) is 0. The summed E-state index contributed by atoms with van der Waals surface area (Å²) in [4.78, 5) is 35.6. The summed E-state index contributed by atoms with van der Waals surface area (Å²) in [5, 5.41) is 0. The molecule has 23 heavy (non-hydrogen) atoms. The first-order valence-electron chi connectivity index (χ1n) is 7.45. The minimum absolute atomic E-state index is 0.0561. The van der Waals surface area contributed by atoms with Crippen molar-refractivity contribution in [1.82, 2.24) is 0 Å². The molecule has 0 unspecified atom stereocenters. The van der Waals surface area contributed by atoms with E-state index >= 15 is 0 Å². The van der Waals surface area contributed by atoms with Crippen LogP contribution in [0.15, 0.2) is 42.2 Å².